The molecule has 6 heteroatoms. The number of thioether (sulfide) groups is 1. The zero-order valence-corrected chi connectivity index (χ0v) is 17.9. The second-order valence-electron chi connectivity index (χ2n) is 6.84. The molecule has 2 aromatic rings. The number of nitrogens with zero attached hydrogens (tertiary/aromatic N) is 1. The molecule has 0 aliphatic heterocycles. The van der Waals surface area contributed by atoms with E-state index in [1.807, 2.05) is 44.2 Å². The van der Waals surface area contributed by atoms with Crippen molar-refractivity contribution < 1.29 is 14.0 Å². The van der Waals surface area contributed by atoms with Gasteiger partial charge in [0.2, 0.25) is 11.8 Å². The number of halogens is 1. The number of amides is 2. The first kappa shape index (κ1) is 22.9. The molecule has 0 aliphatic rings. The molecule has 0 radical (unpaired) electrons. The lowest BCUT2D eigenvalue weighted by molar-refractivity contribution is -0.139. The molecule has 0 spiro atoms. The highest BCUT2D eigenvalue weighted by Crippen LogP contribution is 2.17. The van der Waals surface area contributed by atoms with Crippen LogP contribution in [0.25, 0.3) is 0 Å². The lowest BCUT2D eigenvalue weighted by atomic mass is 10.1. The quantitative estimate of drug-likeness (QED) is 0.591. The largest absolute Gasteiger partial charge is 0.354 e. The Bertz CT molecular complexity index is 768. The van der Waals surface area contributed by atoms with Crippen LogP contribution >= 0.6 is 11.8 Å². The fourth-order valence-corrected chi connectivity index (χ4v) is 3.86. The van der Waals surface area contributed by atoms with Crippen LogP contribution in [0.15, 0.2) is 54.6 Å². The fraction of sp³-hybridized carbons (Fsp3) is 0.391. The van der Waals surface area contributed by atoms with Gasteiger partial charge in [0.1, 0.15) is 11.9 Å². The van der Waals surface area contributed by atoms with Crippen LogP contribution in [-0.2, 0) is 21.9 Å². The van der Waals surface area contributed by atoms with Crippen molar-refractivity contribution in [1.82, 2.24) is 10.2 Å². The Kier molecular flexibility index (Phi) is 9.71. The van der Waals surface area contributed by atoms with Crippen molar-refractivity contribution >= 4 is 23.6 Å². The highest BCUT2D eigenvalue weighted by Gasteiger charge is 2.28. The summed E-state index contributed by atoms with van der Waals surface area (Å²) in [6, 6.07) is 15.5. The molecule has 0 aromatic heterocycles. The Morgan fingerprint density at radius 2 is 1.72 bits per heavy atom. The van der Waals surface area contributed by atoms with Crippen molar-refractivity contribution in [3.05, 3.63) is 71.5 Å². The third-order valence-corrected chi connectivity index (χ3v) is 5.53. The fourth-order valence-electron chi connectivity index (χ4n) is 2.99. The zero-order valence-electron chi connectivity index (χ0n) is 17.1. The van der Waals surface area contributed by atoms with Gasteiger partial charge in [0.15, 0.2) is 0 Å². The number of nitrogens with one attached hydrogen (secondary N) is 1. The SMILES string of the molecule is CCCNC(=O)C(CC)N(Cc1ccccc1)C(=O)CSCc1ccc(F)cc1. The average molecular weight is 417 g/mol. The molecule has 2 rings (SSSR count). The number of hydrogen-bond donors (Lipinski definition) is 1. The lowest BCUT2D eigenvalue weighted by Crippen LogP contribution is -2.49. The molecule has 0 heterocycles. The Balaban J connectivity index is 2.06. The second-order valence-corrected chi connectivity index (χ2v) is 7.83. The Morgan fingerprint density at radius 1 is 1.03 bits per heavy atom. The molecule has 0 fully saturated rings. The smallest absolute Gasteiger partial charge is 0.242 e. The summed E-state index contributed by atoms with van der Waals surface area (Å²) in [6.07, 6.45) is 1.40. The van der Waals surface area contributed by atoms with E-state index in [0.29, 0.717) is 25.3 Å². The predicted molar refractivity (Wildman–Crippen MR) is 117 cm³/mol. The molecule has 2 amide bonds. The number of carbonyl (C=O) groups is 2. The standard InChI is InChI=1S/C23H29FN2O2S/c1-3-14-25-23(28)21(4-2)26(15-18-8-6-5-7-9-18)22(27)17-29-16-19-10-12-20(24)13-11-19/h5-13,21H,3-4,14-17H2,1-2H3,(H,25,28). The number of carbonyl (C=O) groups excluding carboxylic acids is 2. The third kappa shape index (κ3) is 7.54. The summed E-state index contributed by atoms with van der Waals surface area (Å²) in [4.78, 5) is 27.4. The van der Waals surface area contributed by atoms with Gasteiger partial charge in [-0.3, -0.25) is 9.59 Å². The molecule has 2 aromatic carbocycles. The molecule has 0 saturated carbocycles. The van der Waals surface area contributed by atoms with E-state index in [-0.39, 0.29) is 23.4 Å². The molecule has 4 nitrogen and oxygen atoms in total. The van der Waals surface area contributed by atoms with Crippen molar-refractivity contribution in [2.24, 2.45) is 0 Å². The van der Waals surface area contributed by atoms with Crippen molar-refractivity contribution in [2.75, 3.05) is 12.3 Å². The minimum absolute atomic E-state index is 0.0699. The lowest BCUT2D eigenvalue weighted by Gasteiger charge is -2.30. The van der Waals surface area contributed by atoms with Crippen LogP contribution in [0, 0.1) is 5.82 Å². The highest BCUT2D eigenvalue weighted by molar-refractivity contribution is 7.99. The van der Waals surface area contributed by atoms with Gasteiger partial charge < -0.3 is 10.2 Å². The van der Waals surface area contributed by atoms with Crippen molar-refractivity contribution in [3.63, 3.8) is 0 Å². The van der Waals surface area contributed by atoms with Gasteiger partial charge in [-0.1, -0.05) is 56.3 Å². The van der Waals surface area contributed by atoms with E-state index in [9.17, 15) is 14.0 Å². The van der Waals surface area contributed by atoms with Gasteiger partial charge >= 0.3 is 0 Å². The van der Waals surface area contributed by atoms with E-state index < -0.39 is 6.04 Å². The second kappa shape index (κ2) is 12.3. The molecule has 0 aliphatic carbocycles. The molecule has 0 bridgehead atoms. The van der Waals surface area contributed by atoms with Gasteiger partial charge in [0.05, 0.1) is 5.75 Å². The van der Waals surface area contributed by atoms with Crippen LogP contribution in [0.3, 0.4) is 0 Å². The first-order valence-electron chi connectivity index (χ1n) is 9.98. The number of rotatable bonds is 11. The van der Waals surface area contributed by atoms with E-state index in [0.717, 1.165) is 17.5 Å². The summed E-state index contributed by atoms with van der Waals surface area (Å²) in [5.41, 5.74) is 1.96. The van der Waals surface area contributed by atoms with E-state index in [1.54, 1.807) is 17.0 Å². The Hall–Kier alpha value is -2.34. The third-order valence-electron chi connectivity index (χ3n) is 4.54. The molecular formula is C23H29FN2O2S. The molecule has 1 unspecified atom stereocenters. The Labute approximate surface area is 176 Å². The molecule has 156 valence electrons. The maximum atomic E-state index is 13.0. The predicted octanol–water partition coefficient (Wildman–Crippen LogP) is 4.39. The summed E-state index contributed by atoms with van der Waals surface area (Å²) in [5.74, 6) is 0.431. The molecule has 1 atom stereocenters. The van der Waals surface area contributed by atoms with Crippen LogP contribution in [-0.4, -0.2) is 35.1 Å². The van der Waals surface area contributed by atoms with E-state index in [1.165, 1.54) is 23.9 Å². The Morgan fingerprint density at radius 3 is 2.34 bits per heavy atom. The van der Waals surface area contributed by atoms with Gasteiger partial charge in [0, 0.05) is 18.8 Å². The average Bonchev–Trinajstić information content (AvgIpc) is 2.74. The van der Waals surface area contributed by atoms with Gasteiger partial charge in [-0.2, -0.15) is 0 Å². The minimum atomic E-state index is -0.499. The number of hydrogen-bond acceptors (Lipinski definition) is 3. The summed E-state index contributed by atoms with van der Waals surface area (Å²) >= 11 is 1.47. The van der Waals surface area contributed by atoms with E-state index in [4.69, 9.17) is 0 Å². The van der Waals surface area contributed by atoms with Crippen molar-refractivity contribution in [1.29, 1.82) is 0 Å². The summed E-state index contributed by atoms with van der Waals surface area (Å²) in [6.45, 7) is 4.92. The maximum absolute atomic E-state index is 13.0. The topological polar surface area (TPSA) is 49.4 Å². The van der Waals surface area contributed by atoms with E-state index in [2.05, 4.69) is 5.32 Å². The first-order valence-corrected chi connectivity index (χ1v) is 11.1. The number of benzene rings is 2. The van der Waals surface area contributed by atoms with Gasteiger partial charge in [-0.15, -0.1) is 11.8 Å². The van der Waals surface area contributed by atoms with Crippen LogP contribution in [0.1, 0.15) is 37.8 Å². The summed E-state index contributed by atoms with van der Waals surface area (Å²) in [5, 5.41) is 2.92. The van der Waals surface area contributed by atoms with Gasteiger partial charge in [0.25, 0.3) is 0 Å². The van der Waals surface area contributed by atoms with Crippen LogP contribution in [0.2, 0.25) is 0 Å². The van der Waals surface area contributed by atoms with Gasteiger partial charge in [-0.05, 0) is 36.1 Å². The first-order chi connectivity index (χ1) is 14.0. The van der Waals surface area contributed by atoms with Gasteiger partial charge in [-0.25, -0.2) is 4.39 Å². The molecular weight excluding hydrogens is 387 g/mol. The van der Waals surface area contributed by atoms with Crippen LogP contribution in [0.5, 0.6) is 0 Å². The maximum Gasteiger partial charge on any atom is 0.242 e. The molecule has 1 N–H and O–H groups in total. The van der Waals surface area contributed by atoms with E-state index >= 15 is 0 Å². The monoisotopic (exact) mass is 416 g/mol. The van der Waals surface area contributed by atoms with Crippen LogP contribution < -0.4 is 5.32 Å². The zero-order chi connectivity index (χ0) is 21.1. The molecule has 29 heavy (non-hydrogen) atoms. The minimum Gasteiger partial charge on any atom is -0.354 e. The normalized spacial score (nSPS) is 11.7. The highest BCUT2D eigenvalue weighted by atomic mass is 32.2. The summed E-state index contributed by atoms with van der Waals surface area (Å²) < 4.78 is 13.0. The van der Waals surface area contributed by atoms with Crippen molar-refractivity contribution in [2.45, 2.75) is 45.0 Å². The molecule has 0 saturated heterocycles. The summed E-state index contributed by atoms with van der Waals surface area (Å²) in [7, 11) is 0. The van der Waals surface area contributed by atoms with Crippen molar-refractivity contribution in [3.8, 4) is 0 Å². The van der Waals surface area contributed by atoms with Crippen LogP contribution in [0.4, 0.5) is 4.39 Å².